The molecule has 106 valence electrons. The lowest BCUT2D eigenvalue weighted by molar-refractivity contribution is -0.130. The molecule has 1 unspecified atom stereocenters. The molecule has 0 bridgehead atoms. The normalized spacial score (nSPS) is 12.3. The first kappa shape index (κ1) is 15.6. The highest BCUT2D eigenvalue weighted by atomic mass is 19.2. The van der Waals surface area contributed by atoms with Crippen molar-refractivity contribution >= 4 is 5.91 Å². The van der Waals surface area contributed by atoms with E-state index in [1.165, 1.54) is 12.1 Å². The van der Waals surface area contributed by atoms with Crippen molar-refractivity contribution in [3.8, 4) is 0 Å². The second-order valence-electron chi connectivity index (χ2n) is 4.66. The summed E-state index contributed by atoms with van der Waals surface area (Å²) in [7, 11) is 0. The lowest BCUT2D eigenvalue weighted by Crippen LogP contribution is -2.37. The molecule has 0 aliphatic carbocycles. The van der Waals surface area contributed by atoms with Crippen LogP contribution in [0.5, 0.6) is 0 Å². The van der Waals surface area contributed by atoms with Crippen molar-refractivity contribution in [2.45, 2.75) is 20.3 Å². The molecule has 1 aromatic rings. The molecular formula is C14H20F2N2O. The summed E-state index contributed by atoms with van der Waals surface area (Å²) in [6.07, 6.45) is -0.130. The van der Waals surface area contributed by atoms with Crippen LogP contribution in [0.25, 0.3) is 0 Å². The Morgan fingerprint density at radius 3 is 2.68 bits per heavy atom. The number of halogens is 2. The summed E-state index contributed by atoms with van der Waals surface area (Å²) in [5.74, 6) is -1.91. The molecule has 0 heterocycles. The van der Waals surface area contributed by atoms with Crippen molar-refractivity contribution in [3.05, 3.63) is 35.4 Å². The van der Waals surface area contributed by atoms with Gasteiger partial charge >= 0.3 is 0 Å². The maximum Gasteiger partial charge on any atom is 0.227 e. The number of nitrogens with two attached hydrogens (primary N) is 1. The molecule has 1 atom stereocenters. The van der Waals surface area contributed by atoms with Crippen LogP contribution in [0.1, 0.15) is 19.4 Å². The van der Waals surface area contributed by atoms with Crippen molar-refractivity contribution in [3.63, 3.8) is 0 Å². The van der Waals surface area contributed by atoms with Crippen molar-refractivity contribution in [2.75, 3.05) is 19.6 Å². The summed E-state index contributed by atoms with van der Waals surface area (Å²) in [4.78, 5) is 13.7. The molecule has 0 saturated carbocycles. The molecule has 1 aromatic carbocycles. The zero-order chi connectivity index (χ0) is 14.4. The molecule has 2 N–H and O–H groups in total. The van der Waals surface area contributed by atoms with E-state index >= 15 is 0 Å². The first-order chi connectivity index (χ1) is 8.99. The van der Waals surface area contributed by atoms with Crippen LogP contribution in [0.3, 0.4) is 0 Å². The quantitative estimate of drug-likeness (QED) is 0.859. The lowest BCUT2D eigenvalue weighted by Gasteiger charge is -2.24. The first-order valence-corrected chi connectivity index (χ1v) is 6.40. The predicted octanol–water partition coefficient (Wildman–Crippen LogP) is 1.95. The van der Waals surface area contributed by atoms with Gasteiger partial charge in [-0.1, -0.05) is 19.1 Å². The maximum atomic E-state index is 13.5. The Balaban J connectivity index is 2.74. The van der Waals surface area contributed by atoms with Crippen molar-refractivity contribution < 1.29 is 13.6 Å². The van der Waals surface area contributed by atoms with Crippen LogP contribution in [-0.4, -0.2) is 30.4 Å². The molecule has 1 rings (SSSR count). The average Bonchev–Trinajstić information content (AvgIpc) is 2.40. The Bertz CT molecular complexity index is 437. The highest BCUT2D eigenvalue weighted by Gasteiger charge is 2.17. The molecule has 0 saturated heterocycles. The molecule has 5 heteroatoms. The Hall–Kier alpha value is -1.49. The number of nitrogens with zero attached hydrogens (tertiary/aromatic N) is 1. The van der Waals surface area contributed by atoms with E-state index in [-0.39, 0.29) is 23.8 Å². The third kappa shape index (κ3) is 4.28. The van der Waals surface area contributed by atoms with Crippen LogP contribution >= 0.6 is 0 Å². The SMILES string of the molecule is CCN(CC(C)CN)C(=O)Cc1cccc(F)c1F. The van der Waals surface area contributed by atoms with Gasteiger partial charge in [0.25, 0.3) is 0 Å². The average molecular weight is 270 g/mol. The Labute approximate surface area is 112 Å². The molecule has 0 spiro atoms. The van der Waals surface area contributed by atoms with E-state index in [1.807, 2.05) is 13.8 Å². The lowest BCUT2D eigenvalue weighted by atomic mass is 10.1. The van der Waals surface area contributed by atoms with Gasteiger partial charge in [0.1, 0.15) is 0 Å². The fourth-order valence-electron chi connectivity index (χ4n) is 1.82. The minimum Gasteiger partial charge on any atom is -0.342 e. The summed E-state index contributed by atoms with van der Waals surface area (Å²) < 4.78 is 26.6. The number of likely N-dealkylation sites (N-methyl/N-ethyl adjacent to an activating group) is 1. The summed E-state index contributed by atoms with van der Waals surface area (Å²) >= 11 is 0. The molecule has 0 aliphatic heterocycles. The van der Waals surface area contributed by atoms with E-state index in [1.54, 1.807) is 4.90 Å². The fraction of sp³-hybridized carbons (Fsp3) is 0.500. The van der Waals surface area contributed by atoms with Gasteiger partial charge in [-0.25, -0.2) is 8.78 Å². The number of amides is 1. The van der Waals surface area contributed by atoms with Gasteiger partial charge in [0, 0.05) is 18.7 Å². The zero-order valence-corrected chi connectivity index (χ0v) is 11.3. The molecule has 0 aliphatic rings. The highest BCUT2D eigenvalue weighted by Crippen LogP contribution is 2.13. The number of rotatable bonds is 6. The largest absolute Gasteiger partial charge is 0.342 e. The van der Waals surface area contributed by atoms with Gasteiger partial charge in [-0.3, -0.25) is 4.79 Å². The van der Waals surface area contributed by atoms with E-state index in [9.17, 15) is 13.6 Å². The Morgan fingerprint density at radius 2 is 2.11 bits per heavy atom. The van der Waals surface area contributed by atoms with Gasteiger partial charge in [-0.05, 0) is 25.5 Å². The van der Waals surface area contributed by atoms with E-state index in [4.69, 9.17) is 5.73 Å². The number of carbonyl (C=O) groups is 1. The predicted molar refractivity (Wildman–Crippen MR) is 70.5 cm³/mol. The van der Waals surface area contributed by atoms with E-state index in [0.717, 1.165) is 6.07 Å². The third-order valence-electron chi connectivity index (χ3n) is 3.04. The number of benzene rings is 1. The van der Waals surface area contributed by atoms with E-state index < -0.39 is 11.6 Å². The van der Waals surface area contributed by atoms with Gasteiger partial charge in [-0.2, -0.15) is 0 Å². The summed E-state index contributed by atoms with van der Waals surface area (Å²) in [6, 6.07) is 3.87. The molecule has 0 fully saturated rings. The fourth-order valence-corrected chi connectivity index (χ4v) is 1.82. The summed E-state index contributed by atoms with van der Waals surface area (Å²) in [6.45, 7) is 5.34. The van der Waals surface area contributed by atoms with Crippen LogP contribution in [0.15, 0.2) is 18.2 Å². The summed E-state index contributed by atoms with van der Waals surface area (Å²) in [5, 5.41) is 0. The Morgan fingerprint density at radius 1 is 1.42 bits per heavy atom. The topological polar surface area (TPSA) is 46.3 Å². The second kappa shape index (κ2) is 7.19. The van der Waals surface area contributed by atoms with Crippen LogP contribution in [0, 0.1) is 17.6 Å². The smallest absolute Gasteiger partial charge is 0.227 e. The van der Waals surface area contributed by atoms with Crippen molar-refractivity contribution in [1.82, 2.24) is 4.90 Å². The third-order valence-corrected chi connectivity index (χ3v) is 3.04. The molecule has 0 radical (unpaired) electrons. The van der Waals surface area contributed by atoms with Crippen molar-refractivity contribution in [2.24, 2.45) is 11.7 Å². The first-order valence-electron chi connectivity index (χ1n) is 6.40. The highest BCUT2D eigenvalue weighted by molar-refractivity contribution is 5.78. The number of carbonyl (C=O) groups excluding carboxylic acids is 1. The van der Waals surface area contributed by atoms with Gasteiger partial charge in [-0.15, -0.1) is 0 Å². The minimum absolute atomic E-state index is 0.0869. The van der Waals surface area contributed by atoms with Gasteiger partial charge in [0.05, 0.1) is 6.42 Å². The van der Waals surface area contributed by atoms with Crippen LogP contribution in [0.4, 0.5) is 8.78 Å². The van der Waals surface area contributed by atoms with E-state index in [2.05, 4.69) is 0 Å². The molecule has 3 nitrogen and oxygen atoms in total. The molecular weight excluding hydrogens is 250 g/mol. The minimum atomic E-state index is -0.946. The number of hydrogen-bond donors (Lipinski definition) is 1. The molecule has 19 heavy (non-hydrogen) atoms. The van der Waals surface area contributed by atoms with Gasteiger partial charge < -0.3 is 10.6 Å². The monoisotopic (exact) mass is 270 g/mol. The maximum absolute atomic E-state index is 13.5. The number of hydrogen-bond acceptors (Lipinski definition) is 2. The van der Waals surface area contributed by atoms with Gasteiger partial charge in [0.15, 0.2) is 11.6 Å². The molecule has 1 amide bonds. The van der Waals surface area contributed by atoms with Crippen LogP contribution < -0.4 is 5.73 Å². The van der Waals surface area contributed by atoms with Crippen molar-refractivity contribution in [1.29, 1.82) is 0 Å². The Kier molecular flexibility index (Phi) is 5.89. The standard InChI is InChI=1S/C14H20F2N2O/c1-3-18(9-10(2)8-17)13(19)7-11-5-4-6-12(15)14(11)16/h4-6,10H,3,7-9,17H2,1-2H3. The van der Waals surface area contributed by atoms with Crippen LogP contribution in [0.2, 0.25) is 0 Å². The van der Waals surface area contributed by atoms with Gasteiger partial charge in [0.2, 0.25) is 5.91 Å². The molecule has 0 aromatic heterocycles. The zero-order valence-electron chi connectivity index (χ0n) is 11.3. The second-order valence-corrected chi connectivity index (χ2v) is 4.66. The van der Waals surface area contributed by atoms with E-state index in [0.29, 0.717) is 19.6 Å². The summed E-state index contributed by atoms with van der Waals surface area (Å²) in [5.41, 5.74) is 5.61. The van der Waals surface area contributed by atoms with Crippen LogP contribution in [-0.2, 0) is 11.2 Å².